The van der Waals surface area contributed by atoms with Crippen LogP contribution in [0, 0.1) is 0 Å². The van der Waals surface area contributed by atoms with Gasteiger partial charge in [0.2, 0.25) is 5.95 Å². The molecule has 2 saturated heterocycles. The Hall–Kier alpha value is -3.27. The van der Waals surface area contributed by atoms with E-state index in [1.807, 2.05) is 17.0 Å². The highest BCUT2D eigenvalue weighted by Gasteiger charge is 2.57. The van der Waals surface area contributed by atoms with Gasteiger partial charge in [-0.3, -0.25) is 19.9 Å². The van der Waals surface area contributed by atoms with Crippen LogP contribution in [-0.2, 0) is 6.42 Å². The molecule has 10 nitrogen and oxygen atoms in total. The topological polar surface area (TPSA) is 132 Å². The number of hydrogen-bond donors (Lipinski definition) is 3. The standard InChI is InChI=1S/C17H18N6O4/c24-14(21-27)12-7-19-15(20-8-12)22-10-17(4-11-2-1-3-18-6-11)5-13(22)9-23(17)16(25)26/h1-3,6-8,13,27H,4-5,9-10H2,(H,21,24)(H,25,26)/t13-,17-/m0/s1. The van der Waals surface area contributed by atoms with E-state index in [2.05, 4.69) is 15.0 Å². The SMILES string of the molecule is O=C(NO)c1cnc(N2C[C@]3(Cc4cccnc4)C[C@H]2CN3C(=O)O)nc1. The molecule has 2 atom stereocenters. The third-order valence-corrected chi connectivity index (χ3v) is 5.23. The van der Waals surface area contributed by atoms with Crippen molar-refractivity contribution >= 4 is 17.9 Å². The zero-order valence-corrected chi connectivity index (χ0v) is 14.3. The summed E-state index contributed by atoms with van der Waals surface area (Å²) < 4.78 is 0. The van der Waals surface area contributed by atoms with Gasteiger partial charge in [0.05, 0.1) is 17.1 Å². The van der Waals surface area contributed by atoms with Gasteiger partial charge in [-0.15, -0.1) is 0 Å². The molecule has 10 heteroatoms. The van der Waals surface area contributed by atoms with Gasteiger partial charge in [-0.2, -0.15) is 0 Å². The summed E-state index contributed by atoms with van der Waals surface area (Å²) in [5, 5.41) is 18.3. The zero-order valence-electron chi connectivity index (χ0n) is 14.3. The number of likely N-dealkylation sites (tertiary alicyclic amines) is 1. The van der Waals surface area contributed by atoms with Crippen molar-refractivity contribution in [1.82, 2.24) is 25.3 Å². The number of pyridine rings is 1. The first-order valence-electron chi connectivity index (χ1n) is 8.45. The van der Waals surface area contributed by atoms with E-state index < -0.39 is 17.5 Å². The molecule has 2 aromatic rings. The molecule has 0 aromatic carbocycles. The van der Waals surface area contributed by atoms with Gasteiger partial charge in [-0.25, -0.2) is 20.2 Å². The molecule has 2 aliphatic rings. The number of nitrogens with zero attached hydrogens (tertiary/aromatic N) is 5. The van der Waals surface area contributed by atoms with Crippen molar-refractivity contribution in [2.75, 3.05) is 18.0 Å². The van der Waals surface area contributed by atoms with Crippen LogP contribution in [0.2, 0.25) is 0 Å². The van der Waals surface area contributed by atoms with Gasteiger partial charge in [0.25, 0.3) is 5.91 Å². The molecule has 0 aliphatic carbocycles. The number of aromatic nitrogens is 3. The molecule has 4 rings (SSSR count). The van der Waals surface area contributed by atoms with Gasteiger partial charge in [0, 0.05) is 37.9 Å². The lowest BCUT2D eigenvalue weighted by molar-refractivity contribution is 0.0705. The van der Waals surface area contributed by atoms with Crippen LogP contribution in [-0.4, -0.2) is 66.8 Å². The number of hydrogen-bond acceptors (Lipinski definition) is 7. The third kappa shape index (κ3) is 2.93. The van der Waals surface area contributed by atoms with Crippen molar-refractivity contribution in [2.45, 2.75) is 24.4 Å². The molecule has 0 radical (unpaired) electrons. The van der Waals surface area contributed by atoms with Gasteiger partial charge < -0.3 is 10.0 Å². The second-order valence-electron chi connectivity index (χ2n) is 6.85. The molecular formula is C17H18N6O4. The highest BCUT2D eigenvalue weighted by molar-refractivity contribution is 5.92. The number of carbonyl (C=O) groups excluding carboxylic acids is 1. The number of anilines is 1. The monoisotopic (exact) mass is 370 g/mol. The second kappa shape index (κ2) is 6.47. The van der Waals surface area contributed by atoms with E-state index in [1.54, 1.807) is 12.4 Å². The van der Waals surface area contributed by atoms with E-state index in [-0.39, 0.29) is 11.6 Å². The fourth-order valence-electron chi connectivity index (χ4n) is 4.10. The summed E-state index contributed by atoms with van der Waals surface area (Å²) in [5.41, 5.74) is 2.09. The van der Waals surface area contributed by atoms with Crippen molar-refractivity contribution in [2.24, 2.45) is 0 Å². The molecule has 0 saturated carbocycles. The van der Waals surface area contributed by atoms with Crippen molar-refractivity contribution < 1.29 is 19.9 Å². The number of nitrogens with one attached hydrogen (secondary N) is 1. The van der Waals surface area contributed by atoms with Crippen molar-refractivity contribution in [3.8, 4) is 0 Å². The summed E-state index contributed by atoms with van der Waals surface area (Å²) in [4.78, 5) is 39.2. The second-order valence-corrected chi connectivity index (χ2v) is 6.85. The molecule has 2 amide bonds. The predicted molar refractivity (Wildman–Crippen MR) is 92.4 cm³/mol. The molecule has 0 unspecified atom stereocenters. The molecule has 3 N–H and O–H groups in total. The maximum Gasteiger partial charge on any atom is 0.407 e. The van der Waals surface area contributed by atoms with E-state index in [0.29, 0.717) is 31.9 Å². The molecule has 140 valence electrons. The molecule has 27 heavy (non-hydrogen) atoms. The van der Waals surface area contributed by atoms with Crippen LogP contribution >= 0.6 is 0 Å². The first kappa shape index (κ1) is 17.2. The minimum Gasteiger partial charge on any atom is -0.465 e. The van der Waals surface area contributed by atoms with Crippen LogP contribution in [0.5, 0.6) is 0 Å². The van der Waals surface area contributed by atoms with E-state index >= 15 is 0 Å². The average Bonchev–Trinajstić information content (AvgIpc) is 3.23. The number of carboxylic acid groups (broad SMARTS) is 1. The van der Waals surface area contributed by atoms with Gasteiger partial charge in [-0.05, 0) is 24.5 Å². The van der Waals surface area contributed by atoms with E-state index in [4.69, 9.17) is 5.21 Å². The molecule has 4 heterocycles. The first-order chi connectivity index (χ1) is 13.0. The summed E-state index contributed by atoms with van der Waals surface area (Å²) >= 11 is 0. The van der Waals surface area contributed by atoms with Crippen molar-refractivity contribution in [3.05, 3.63) is 48.0 Å². The van der Waals surface area contributed by atoms with Gasteiger partial charge in [0.15, 0.2) is 0 Å². The number of fused-ring (bicyclic) bond motifs is 2. The smallest absolute Gasteiger partial charge is 0.407 e. The molecular weight excluding hydrogens is 352 g/mol. The lowest BCUT2D eigenvalue weighted by Gasteiger charge is -2.40. The number of carbonyl (C=O) groups is 2. The Morgan fingerprint density at radius 2 is 2.07 bits per heavy atom. The number of amides is 2. The highest BCUT2D eigenvalue weighted by atomic mass is 16.5. The van der Waals surface area contributed by atoms with E-state index in [0.717, 1.165) is 5.56 Å². The molecule has 2 fully saturated rings. The minimum absolute atomic E-state index is 0.0321. The van der Waals surface area contributed by atoms with Crippen LogP contribution in [0.25, 0.3) is 0 Å². The fourth-order valence-corrected chi connectivity index (χ4v) is 4.10. The third-order valence-electron chi connectivity index (χ3n) is 5.23. The van der Waals surface area contributed by atoms with Crippen LogP contribution in [0.3, 0.4) is 0 Å². The van der Waals surface area contributed by atoms with Crippen LogP contribution < -0.4 is 10.4 Å². The van der Waals surface area contributed by atoms with Crippen molar-refractivity contribution in [3.63, 3.8) is 0 Å². The fraction of sp³-hybridized carbons (Fsp3) is 0.353. The van der Waals surface area contributed by atoms with Crippen LogP contribution in [0.15, 0.2) is 36.9 Å². The van der Waals surface area contributed by atoms with E-state index in [9.17, 15) is 14.7 Å². The lowest BCUT2D eigenvalue weighted by atomic mass is 9.90. The summed E-state index contributed by atoms with van der Waals surface area (Å²) in [7, 11) is 0. The molecule has 2 aromatic heterocycles. The zero-order chi connectivity index (χ0) is 19.0. The molecule has 0 spiro atoms. The highest BCUT2D eigenvalue weighted by Crippen LogP contribution is 2.43. The Kier molecular flexibility index (Phi) is 4.11. The maximum atomic E-state index is 11.8. The van der Waals surface area contributed by atoms with Gasteiger partial charge >= 0.3 is 6.09 Å². The van der Waals surface area contributed by atoms with Gasteiger partial charge in [-0.1, -0.05) is 6.07 Å². The number of rotatable bonds is 4. The Bertz CT molecular complexity index is 861. The minimum atomic E-state index is -0.933. The summed E-state index contributed by atoms with van der Waals surface area (Å²) in [6, 6.07) is 3.75. The normalized spacial score (nSPS) is 23.5. The lowest BCUT2D eigenvalue weighted by Crippen LogP contribution is -2.57. The quantitative estimate of drug-likeness (QED) is 0.525. The van der Waals surface area contributed by atoms with Crippen LogP contribution in [0.4, 0.5) is 10.7 Å². The molecule has 2 aliphatic heterocycles. The Labute approximate surface area is 154 Å². The number of hydroxylamine groups is 1. The average molecular weight is 370 g/mol. The van der Waals surface area contributed by atoms with Crippen molar-refractivity contribution in [1.29, 1.82) is 0 Å². The Morgan fingerprint density at radius 3 is 2.70 bits per heavy atom. The van der Waals surface area contributed by atoms with E-state index in [1.165, 1.54) is 22.8 Å². The first-order valence-corrected chi connectivity index (χ1v) is 8.45. The summed E-state index contributed by atoms with van der Waals surface area (Å²) in [6.45, 7) is 0.836. The Morgan fingerprint density at radius 1 is 1.30 bits per heavy atom. The molecule has 2 bridgehead atoms. The maximum absolute atomic E-state index is 11.8. The predicted octanol–water partition coefficient (Wildman–Crippen LogP) is 0.544. The largest absolute Gasteiger partial charge is 0.465 e. The summed E-state index contributed by atoms with van der Waals surface area (Å²) in [6.07, 6.45) is 6.42. The van der Waals surface area contributed by atoms with Gasteiger partial charge in [0.1, 0.15) is 0 Å². The summed E-state index contributed by atoms with van der Waals surface area (Å²) in [5.74, 6) is -0.248. The number of piperazine rings is 1. The Balaban J connectivity index is 1.60. The van der Waals surface area contributed by atoms with Crippen LogP contribution in [0.1, 0.15) is 22.3 Å².